The Balaban J connectivity index is 1.49. The van der Waals surface area contributed by atoms with Crippen LogP contribution in [0, 0.1) is 5.82 Å². The van der Waals surface area contributed by atoms with Gasteiger partial charge in [-0.3, -0.25) is 14.7 Å². The van der Waals surface area contributed by atoms with Crippen molar-refractivity contribution >= 4 is 23.5 Å². The minimum atomic E-state index is -0.286. The number of halogens is 2. The van der Waals surface area contributed by atoms with Crippen molar-refractivity contribution < 1.29 is 9.18 Å². The maximum absolute atomic E-state index is 13.9. The van der Waals surface area contributed by atoms with Crippen LogP contribution in [0.25, 0.3) is 0 Å². The zero-order chi connectivity index (χ0) is 19.9. The lowest BCUT2D eigenvalue weighted by atomic mass is 10.1. The topological polar surface area (TPSA) is 60.0 Å². The van der Waals surface area contributed by atoms with Gasteiger partial charge in [-0.15, -0.1) is 0 Å². The van der Waals surface area contributed by atoms with Gasteiger partial charge in [0.15, 0.2) is 5.96 Å². The minimum Gasteiger partial charge on any atom is -0.357 e. The van der Waals surface area contributed by atoms with Gasteiger partial charge in [0, 0.05) is 55.9 Å². The molecule has 0 bridgehead atoms. The molecular weight excluding hydrogens is 381 g/mol. The average Bonchev–Trinajstić information content (AvgIpc) is 3.48. The van der Waals surface area contributed by atoms with Gasteiger partial charge in [0.1, 0.15) is 5.82 Å². The molecule has 2 N–H and O–H groups in total. The molecule has 1 aromatic carbocycles. The molecule has 2 fully saturated rings. The lowest BCUT2D eigenvalue weighted by Gasteiger charge is -2.36. The molecule has 1 saturated heterocycles. The van der Waals surface area contributed by atoms with Crippen molar-refractivity contribution in [2.24, 2.45) is 4.99 Å². The second-order valence-electron chi connectivity index (χ2n) is 7.29. The van der Waals surface area contributed by atoms with Crippen molar-refractivity contribution in [3.05, 3.63) is 34.6 Å². The fraction of sp³-hybridized carbons (Fsp3) is 0.600. The standard InChI is InChI=1S/C20H29ClFN5O/c1-2-23-20(24-9-8-16-17(21)4-3-5-18(16)22)27-12-10-26(11-13-27)14-19(28)25-15-6-7-15/h3-5,15H,2,6-14H2,1H3,(H,23,24)(H,25,28). The summed E-state index contributed by atoms with van der Waals surface area (Å²) in [6, 6.07) is 5.14. The Hall–Kier alpha value is -1.86. The number of nitrogens with zero attached hydrogens (tertiary/aromatic N) is 3. The highest BCUT2D eigenvalue weighted by Gasteiger charge is 2.25. The van der Waals surface area contributed by atoms with Crippen LogP contribution in [0.4, 0.5) is 4.39 Å². The Bertz CT molecular complexity index is 682. The molecule has 154 valence electrons. The molecule has 0 unspecified atom stereocenters. The van der Waals surface area contributed by atoms with E-state index in [1.54, 1.807) is 12.1 Å². The molecule has 0 radical (unpaired) electrons. The predicted octanol–water partition coefficient (Wildman–Crippen LogP) is 1.88. The zero-order valence-electron chi connectivity index (χ0n) is 16.4. The van der Waals surface area contributed by atoms with E-state index in [0.29, 0.717) is 36.1 Å². The third kappa shape index (κ3) is 6.07. The first kappa shape index (κ1) is 20.9. The lowest BCUT2D eigenvalue weighted by molar-refractivity contribution is -0.122. The maximum atomic E-state index is 13.9. The summed E-state index contributed by atoms with van der Waals surface area (Å²) in [4.78, 5) is 21.0. The van der Waals surface area contributed by atoms with E-state index >= 15 is 0 Å². The molecule has 28 heavy (non-hydrogen) atoms. The number of carbonyl (C=O) groups excluding carboxylic acids is 1. The van der Waals surface area contributed by atoms with Gasteiger partial charge < -0.3 is 15.5 Å². The second-order valence-corrected chi connectivity index (χ2v) is 7.70. The summed E-state index contributed by atoms with van der Waals surface area (Å²) in [5.74, 6) is 0.668. The van der Waals surface area contributed by atoms with Crippen LogP contribution < -0.4 is 10.6 Å². The number of guanidine groups is 1. The first-order chi connectivity index (χ1) is 13.6. The number of benzene rings is 1. The van der Waals surface area contributed by atoms with Crippen LogP contribution in [-0.2, 0) is 11.2 Å². The first-order valence-electron chi connectivity index (χ1n) is 10.0. The van der Waals surface area contributed by atoms with Gasteiger partial charge in [0.05, 0.1) is 6.54 Å². The highest BCUT2D eigenvalue weighted by atomic mass is 35.5. The molecule has 1 aromatic rings. The number of amides is 1. The molecule has 0 aromatic heterocycles. The fourth-order valence-electron chi connectivity index (χ4n) is 3.29. The molecule has 3 rings (SSSR count). The van der Waals surface area contributed by atoms with E-state index in [9.17, 15) is 9.18 Å². The van der Waals surface area contributed by atoms with Crippen molar-refractivity contribution in [1.29, 1.82) is 0 Å². The summed E-state index contributed by atoms with van der Waals surface area (Å²) in [7, 11) is 0. The van der Waals surface area contributed by atoms with Crippen LogP contribution in [0.15, 0.2) is 23.2 Å². The van der Waals surface area contributed by atoms with Gasteiger partial charge in [-0.25, -0.2) is 4.39 Å². The molecule has 6 nitrogen and oxygen atoms in total. The molecule has 1 saturated carbocycles. The molecule has 1 aliphatic heterocycles. The summed E-state index contributed by atoms with van der Waals surface area (Å²) < 4.78 is 13.9. The molecule has 8 heteroatoms. The number of rotatable bonds is 7. The lowest BCUT2D eigenvalue weighted by Crippen LogP contribution is -2.54. The van der Waals surface area contributed by atoms with Gasteiger partial charge in [-0.1, -0.05) is 17.7 Å². The Kier molecular flexibility index (Phi) is 7.50. The summed E-state index contributed by atoms with van der Waals surface area (Å²) in [6.45, 7) is 6.98. The maximum Gasteiger partial charge on any atom is 0.234 e. The van der Waals surface area contributed by atoms with Crippen LogP contribution in [0.3, 0.4) is 0 Å². The van der Waals surface area contributed by atoms with E-state index in [4.69, 9.17) is 11.6 Å². The van der Waals surface area contributed by atoms with E-state index in [1.807, 2.05) is 6.92 Å². The van der Waals surface area contributed by atoms with Crippen molar-refractivity contribution in [2.75, 3.05) is 45.8 Å². The molecule has 1 amide bonds. The van der Waals surface area contributed by atoms with E-state index in [0.717, 1.165) is 51.5 Å². The van der Waals surface area contributed by atoms with Crippen molar-refractivity contribution in [1.82, 2.24) is 20.4 Å². The van der Waals surface area contributed by atoms with E-state index < -0.39 is 0 Å². The Labute approximate surface area is 171 Å². The van der Waals surface area contributed by atoms with Crippen molar-refractivity contribution in [3.8, 4) is 0 Å². The van der Waals surface area contributed by atoms with Crippen LogP contribution in [0.2, 0.25) is 5.02 Å². The third-order valence-corrected chi connectivity index (χ3v) is 5.36. The third-order valence-electron chi connectivity index (χ3n) is 5.00. The van der Waals surface area contributed by atoms with Gasteiger partial charge >= 0.3 is 0 Å². The SMILES string of the molecule is CCNC(=NCCc1c(F)cccc1Cl)N1CCN(CC(=O)NC2CC2)CC1. The van der Waals surface area contributed by atoms with Crippen LogP contribution in [-0.4, -0.2) is 73.5 Å². The van der Waals surface area contributed by atoms with Gasteiger partial charge in [-0.2, -0.15) is 0 Å². The minimum absolute atomic E-state index is 0.123. The summed E-state index contributed by atoms with van der Waals surface area (Å²) in [6.07, 6.45) is 2.68. The Morgan fingerprint density at radius 3 is 2.68 bits per heavy atom. The smallest absolute Gasteiger partial charge is 0.234 e. The molecular formula is C20H29ClFN5O. The number of nitrogens with one attached hydrogen (secondary N) is 2. The van der Waals surface area contributed by atoms with Crippen LogP contribution >= 0.6 is 11.6 Å². The van der Waals surface area contributed by atoms with Gasteiger partial charge in [-0.05, 0) is 38.3 Å². The zero-order valence-corrected chi connectivity index (χ0v) is 17.1. The summed E-state index contributed by atoms with van der Waals surface area (Å²) in [5, 5.41) is 6.79. The monoisotopic (exact) mass is 409 g/mol. The number of carbonyl (C=O) groups is 1. The normalized spacial score (nSPS) is 18.2. The quantitative estimate of drug-likeness (QED) is 0.533. The molecule has 0 spiro atoms. The van der Waals surface area contributed by atoms with Crippen LogP contribution in [0.1, 0.15) is 25.3 Å². The Morgan fingerprint density at radius 2 is 2.04 bits per heavy atom. The average molecular weight is 410 g/mol. The molecule has 0 atom stereocenters. The number of hydrogen-bond acceptors (Lipinski definition) is 3. The highest BCUT2D eigenvalue weighted by molar-refractivity contribution is 6.31. The number of piperazine rings is 1. The highest BCUT2D eigenvalue weighted by Crippen LogP contribution is 2.19. The van der Waals surface area contributed by atoms with Gasteiger partial charge in [0.25, 0.3) is 0 Å². The summed E-state index contributed by atoms with van der Waals surface area (Å²) in [5.41, 5.74) is 0.509. The predicted molar refractivity (Wildman–Crippen MR) is 110 cm³/mol. The van der Waals surface area contributed by atoms with Gasteiger partial charge in [0.2, 0.25) is 5.91 Å². The fourth-order valence-corrected chi connectivity index (χ4v) is 3.55. The number of aliphatic imine (C=N–C) groups is 1. The van der Waals surface area contributed by atoms with Crippen molar-refractivity contribution in [2.45, 2.75) is 32.2 Å². The van der Waals surface area contributed by atoms with Crippen LogP contribution in [0.5, 0.6) is 0 Å². The first-order valence-corrected chi connectivity index (χ1v) is 10.4. The van der Waals surface area contributed by atoms with E-state index in [2.05, 4.69) is 25.4 Å². The largest absolute Gasteiger partial charge is 0.357 e. The van der Waals surface area contributed by atoms with Crippen molar-refractivity contribution in [3.63, 3.8) is 0 Å². The second kappa shape index (κ2) is 10.1. The molecule has 1 heterocycles. The molecule has 2 aliphatic rings. The Morgan fingerprint density at radius 1 is 1.29 bits per heavy atom. The summed E-state index contributed by atoms with van der Waals surface area (Å²) >= 11 is 6.09. The number of hydrogen-bond donors (Lipinski definition) is 2. The van der Waals surface area contributed by atoms with E-state index in [1.165, 1.54) is 6.07 Å². The van der Waals surface area contributed by atoms with E-state index in [-0.39, 0.29) is 11.7 Å². The molecule has 1 aliphatic carbocycles.